The Morgan fingerprint density at radius 1 is 1.19 bits per heavy atom. The number of aromatic nitrogens is 2. The van der Waals surface area contributed by atoms with Gasteiger partial charge in [-0.15, -0.1) is 11.3 Å². The lowest BCUT2D eigenvalue weighted by molar-refractivity contribution is 0.797. The fourth-order valence-corrected chi connectivity index (χ4v) is 4.01. The summed E-state index contributed by atoms with van der Waals surface area (Å²) < 4.78 is 2.23. The molecule has 0 aliphatic heterocycles. The van der Waals surface area contributed by atoms with Crippen LogP contribution < -0.4 is 5.43 Å². The van der Waals surface area contributed by atoms with Gasteiger partial charge in [0.05, 0.1) is 11.9 Å². The standard InChI is InChI=1S/C22H22N4S/c1-4-26-13-17(19-7-5-6-8-21(19)26)12-23-25-22-24-20(14-27-22)18-10-9-15(2)11-16(18)3/h5-14H,4H2,1-3H3,(H,24,25)/b23-12-. The summed E-state index contributed by atoms with van der Waals surface area (Å²) in [5.74, 6) is 0. The van der Waals surface area contributed by atoms with E-state index in [-0.39, 0.29) is 0 Å². The van der Waals surface area contributed by atoms with Gasteiger partial charge < -0.3 is 4.57 Å². The maximum atomic E-state index is 4.67. The van der Waals surface area contributed by atoms with Crippen molar-refractivity contribution in [1.29, 1.82) is 0 Å². The third kappa shape index (κ3) is 3.51. The lowest BCUT2D eigenvalue weighted by atomic mass is 10.0. The number of para-hydroxylation sites is 1. The Labute approximate surface area is 163 Å². The number of nitrogens with one attached hydrogen (secondary N) is 1. The molecule has 136 valence electrons. The minimum absolute atomic E-state index is 0.792. The molecule has 1 N–H and O–H groups in total. The van der Waals surface area contributed by atoms with Crippen LogP contribution in [-0.2, 0) is 6.54 Å². The molecular formula is C22H22N4S. The second-order valence-corrected chi connectivity index (χ2v) is 7.47. The minimum Gasteiger partial charge on any atom is -0.347 e. The quantitative estimate of drug-likeness (QED) is 0.352. The minimum atomic E-state index is 0.792. The van der Waals surface area contributed by atoms with Crippen molar-refractivity contribution in [2.75, 3.05) is 5.43 Å². The Kier molecular flexibility index (Phi) is 4.77. The average Bonchev–Trinajstić information content (AvgIpc) is 3.27. The van der Waals surface area contributed by atoms with E-state index >= 15 is 0 Å². The van der Waals surface area contributed by atoms with E-state index < -0.39 is 0 Å². The predicted octanol–water partition coefficient (Wildman–Crippen LogP) is 5.85. The first-order chi connectivity index (χ1) is 13.2. The van der Waals surface area contributed by atoms with E-state index in [4.69, 9.17) is 0 Å². The number of thiazole rings is 1. The van der Waals surface area contributed by atoms with Gasteiger partial charge in [-0.05, 0) is 32.4 Å². The molecule has 0 amide bonds. The summed E-state index contributed by atoms with van der Waals surface area (Å²) >= 11 is 1.56. The topological polar surface area (TPSA) is 42.2 Å². The van der Waals surface area contributed by atoms with Crippen molar-refractivity contribution >= 4 is 33.6 Å². The maximum absolute atomic E-state index is 4.67. The molecule has 27 heavy (non-hydrogen) atoms. The molecule has 0 atom stereocenters. The van der Waals surface area contributed by atoms with E-state index in [9.17, 15) is 0 Å². The molecule has 4 aromatic rings. The summed E-state index contributed by atoms with van der Waals surface area (Å²) in [6.07, 6.45) is 4.01. The molecule has 5 heteroatoms. The number of benzene rings is 2. The van der Waals surface area contributed by atoms with Crippen LogP contribution in [0.1, 0.15) is 23.6 Å². The van der Waals surface area contributed by atoms with Crippen LogP contribution in [0.25, 0.3) is 22.2 Å². The van der Waals surface area contributed by atoms with Crippen molar-refractivity contribution in [3.63, 3.8) is 0 Å². The zero-order chi connectivity index (χ0) is 18.8. The Morgan fingerprint density at radius 3 is 2.85 bits per heavy atom. The second kappa shape index (κ2) is 7.37. The van der Waals surface area contributed by atoms with Gasteiger partial charge in [0.25, 0.3) is 0 Å². The van der Waals surface area contributed by atoms with Gasteiger partial charge in [-0.1, -0.05) is 42.0 Å². The molecule has 0 fully saturated rings. The fourth-order valence-electron chi connectivity index (χ4n) is 3.35. The van der Waals surface area contributed by atoms with Gasteiger partial charge in [-0.2, -0.15) is 5.10 Å². The van der Waals surface area contributed by atoms with E-state index in [2.05, 4.69) is 94.9 Å². The lowest BCUT2D eigenvalue weighted by Crippen LogP contribution is -1.91. The van der Waals surface area contributed by atoms with Crippen LogP contribution in [0, 0.1) is 13.8 Å². The molecule has 2 aromatic heterocycles. The number of aryl methyl sites for hydroxylation is 3. The van der Waals surface area contributed by atoms with Gasteiger partial charge in [0, 0.05) is 40.2 Å². The highest BCUT2D eigenvalue weighted by Gasteiger charge is 2.08. The molecule has 0 saturated carbocycles. The van der Waals surface area contributed by atoms with E-state index in [0.717, 1.165) is 22.9 Å². The SMILES string of the molecule is CCn1cc(/C=N\Nc2nc(-c3ccc(C)cc3C)cs2)c2ccccc21. The first-order valence-corrected chi connectivity index (χ1v) is 9.94. The molecule has 0 aliphatic carbocycles. The summed E-state index contributed by atoms with van der Waals surface area (Å²) in [6.45, 7) is 7.31. The van der Waals surface area contributed by atoms with Crippen molar-refractivity contribution in [2.24, 2.45) is 5.10 Å². The molecule has 2 heterocycles. The van der Waals surface area contributed by atoms with E-state index in [1.165, 1.54) is 27.6 Å². The smallest absolute Gasteiger partial charge is 0.203 e. The van der Waals surface area contributed by atoms with E-state index in [1.807, 2.05) is 6.21 Å². The van der Waals surface area contributed by atoms with E-state index in [0.29, 0.717) is 0 Å². The number of hydrazone groups is 1. The summed E-state index contributed by atoms with van der Waals surface area (Å²) in [4.78, 5) is 4.67. The maximum Gasteiger partial charge on any atom is 0.203 e. The van der Waals surface area contributed by atoms with Crippen molar-refractivity contribution in [1.82, 2.24) is 9.55 Å². The molecule has 0 unspecified atom stereocenters. The second-order valence-electron chi connectivity index (χ2n) is 6.61. The van der Waals surface area contributed by atoms with Crippen LogP contribution in [0.4, 0.5) is 5.13 Å². The molecule has 0 aliphatic rings. The molecule has 0 bridgehead atoms. The molecule has 0 radical (unpaired) electrons. The fraction of sp³-hybridized carbons (Fsp3) is 0.182. The van der Waals surface area contributed by atoms with Gasteiger partial charge in [0.15, 0.2) is 0 Å². The van der Waals surface area contributed by atoms with Crippen LogP contribution in [0.15, 0.2) is 59.1 Å². The highest BCUT2D eigenvalue weighted by Crippen LogP contribution is 2.28. The van der Waals surface area contributed by atoms with Gasteiger partial charge in [-0.25, -0.2) is 4.98 Å². The Bertz CT molecular complexity index is 1120. The molecule has 4 nitrogen and oxygen atoms in total. The van der Waals surface area contributed by atoms with Gasteiger partial charge in [-0.3, -0.25) is 5.43 Å². The van der Waals surface area contributed by atoms with Crippen LogP contribution >= 0.6 is 11.3 Å². The summed E-state index contributed by atoms with van der Waals surface area (Å²) in [5, 5.41) is 8.48. The number of hydrogen-bond acceptors (Lipinski definition) is 4. The van der Waals surface area contributed by atoms with Gasteiger partial charge >= 0.3 is 0 Å². The average molecular weight is 375 g/mol. The third-order valence-corrected chi connectivity index (χ3v) is 5.43. The molecule has 0 spiro atoms. The summed E-state index contributed by atoms with van der Waals surface area (Å²) in [6, 6.07) is 14.8. The number of fused-ring (bicyclic) bond motifs is 1. The van der Waals surface area contributed by atoms with E-state index in [1.54, 1.807) is 11.3 Å². The van der Waals surface area contributed by atoms with Crippen molar-refractivity contribution in [3.05, 3.63) is 70.7 Å². The van der Waals surface area contributed by atoms with Gasteiger partial charge in [0.2, 0.25) is 5.13 Å². The van der Waals surface area contributed by atoms with Crippen LogP contribution in [-0.4, -0.2) is 15.8 Å². The third-order valence-electron chi connectivity index (χ3n) is 4.69. The number of rotatable bonds is 5. The number of nitrogens with zero attached hydrogens (tertiary/aromatic N) is 3. The number of anilines is 1. The Hall–Kier alpha value is -2.92. The van der Waals surface area contributed by atoms with Crippen LogP contribution in [0.2, 0.25) is 0 Å². The van der Waals surface area contributed by atoms with Crippen molar-refractivity contribution in [3.8, 4) is 11.3 Å². The summed E-state index contributed by atoms with van der Waals surface area (Å²) in [5.41, 5.74) is 10.1. The molecule has 2 aromatic carbocycles. The monoisotopic (exact) mass is 374 g/mol. The normalized spacial score (nSPS) is 11.5. The van der Waals surface area contributed by atoms with Gasteiger partial charge in [0.1, 0.15) is 0 Å². The zero-order valence-electron chi connectivity index (χ0n) is 15.7. The first kappa shape index (κ1) is 17.5. The Morgan fingerprint density at radius 2 is 2.04 bits per heavy atom. The molecule has 0 saturated heterocycles. The Balaban J connectivity index is 1.54. The van der Waals surface area contributed by atoms with Crippen LogP contribution in [0.3, 0.4) is 0 Å². The summed E-state index contributed by atoms with van der Waals surface area (Å²) in [7, 11) is 0. The van der Waals surface area contributed by atoms with Crippen molar-refractivity contribution < 1.29 is 0 Å². The highest BCUT2D eigenvalue weighted by atomic mass is 32.1. The molecule has 4 rings (SSSR count). The number of hydrogen-bond donors (Lipinski definition) is 1. The largest absolute Gasteiger partial charge is 0.347 e. The lowest BCUT2D eigenvalue weighted by Gasteiger charge is -2.03. The first-order valence-electron chi connectivity index (χ1n) is 9.06. The highest BCUT2D eigenvalue weighted by molar-refractivity contribution is 7.14. The van der Waals surface area contributed by atoms with Crippen molar-refractivity contribution in [2.45, 2.75) is 27.3 Å². The van der Waals surface area contributed by atoms with Crippen LogP contribution in [0.5, 0.6) is 0 Å². The molecular weight excluding hydrogens is 352 g/mol. The predicted molar refractivity (Wildman–Crippen MR) is 116 cm³/mol. The zero-order valence-corrected chi connectivity index (χ0v) is 16.5.